The van der Waals surface area contributed by atoms with E-state index in [0.717, 1.165) is 23.3 Å². The van der Waals surface area contributed by atoms with Gasteiger partial charge in [-0.2, -0.15) is 13.2 Å². The Morgan fingerprint density at radius 2 is 1.97 bits per heavy atom. The predicted molar refractivity (Wildman–Crippen MR) is 126 cm³/mol. The molecule has 6 rings (SSSR count). The molecule has 2 N–H and O–H groups in total. The number of ether oxygens (including phenoxy) is 2. The summed E-state index contributed by atoms with van der Waals surface area (Å²) >= 11 is 6.51. The minimum atomic E-state index is -4.44. The number of nitrogens with one attached hydrogen (secondary N) is 2. The number of benzene rings is 2. The highest BCUT2D eigenvalue weighted by Crippen LogP contribution is 2.49. The number of rotatable bonds is 3. The monoisotopic (exact) mass is 514 g/mol. The summed E-state index contributed by atoms with van der Waals surface area (Å²) in [6.45, 7) is 1.94. The van der Waals surface area contributed by atoms with Gasteiger partial charge in [-0.25, -0.2) is 9.97 Å². The van der Waals surface area contributed by atoms with E-state index in [2.05, 4.69) is 20.3 Å². The van der Waals surface area contributed by atoms with E-state index in [-0.39, 0.29) is 17.3 Å². The first-order valence-corrected chi connectivity index (χ1v) is 11.6. The number of fused-ring (bicyclic) bond motifs is 3. The van der Waals surface area contributed by atoms with Crippen molar-refractivity contribution in [3.05, 3.63) is 70.1 Å². The number of imidazole rings is 1. The Labute approximate surface area is 207 Å². The maximum atomic E-state index is 13.1. The molecule has 4 aromatic rings. The lowest BCUT2D eigenvalue weighted by atomic mass is 9.97. The van der Waals surface area contributed by atoms with E-state index in [0.29, 0.717) is 52.3 Å². The Kier molecular flexibility index (Phi) is 5.11. The zero-order chi connectivity index (χ0) is 25.2. The van der Waals surface area contributed by atoms with Crippen LogP contribution in [0.15, 0.2) is 42.6 Å². The standard InChI is InChI=1S/C25H18ClF3N4O3/c1-11-14-9-20(35-18-6-7-30-23-13(18)3-5-21(34)33-23)15(26)10-19(14)36-22(11)24-31-16-4-2-12(25(27,28)29)8-17(16)32-24/h2,4,6-11,22H,3,5H2,1H3,(H,31,32)(H,30,33,34). The van der Waals surface area contributed by atoms with Crippen LogP contribution in [0.25, 0.3) is 11.0 Å². The van der Waals surface area contributed by atoms with Gasteiger partial charge < -0.3 is 19.8 Å². The van der Waals surface area contributed by atoms with Crippen LogP contribution < -0.4 is 14.8 Å². The van der Waals surface area contributed by atoms with Crippen molar-refractivity contribution in [2.24, 2.45) is 0 Å². The molecule has 2 unspecified atom stereocenters. The van der Waals surface area contributed by atoms with Crippen LogP contribution >= 0.6 is 11.6 Å². The molecule has 0 radical (unpaired) electrons. The number of anilines is 1. The smallest absolute Gasteiger partial charge is 0.416 e. The molecule has 0 bridgehead atoms. The van der Waals surface area contributed by atoms with Crippen LogP contribution in [0.2, 0.25) is 5.02 Å². The van der Waals surface area contributed by atoms with Crippen LogP contribution in [0.3, 0.4) is 0 Å². The topological polar surface area (TPSA) is 89.1 Å². The second kappa shape index (κ2) is 8.12. The molecular weight excluding hydrogens is 497 g/mol. The van der Waals surface area contributed by atoms with Gasteiger partial charge in [-0.15, -0.1) is 0 Å². The summed E-state index contributed by atoms with van der Waals surface area (Å²) in [5, 5.41) is 3.07. The summed E-state index contributed by atoms with van der Waals surface area (Å²) < 4.78 is 51.6. The van der Waals surface area contributed by atoms with Crippen molar-refractivity contribution in [3.63, 3.8) is 0 Å². The van der Waals surface area contributed by atoms with Crippen molar-refractivity contribution in [2.45, 2.75) is 38.0 Å². The van der Waals surface area contributed by atoms with Gasteiger partial charge >= 0.3 is 6.18 Å². The number of aromatic nitrogens is 3. The van der Waals surface area contributed by atoms with Gasteiger partial charge in [-0.3, -0.25) is 4.79 Å². The molecule has 0 saturated heterocycles. The van der Waals surface area contributed by atoms with Crippen molar-refractivity contribution in [1.29, 1.82) is 0 Å². The summed E-state index contributed by atoms with van der Waals surface area (Å²) in [5.41, 5.74) is 1.56. The maximum absolute atomic E-state index is 13.1. The molecule has 2 atom stereocenters. The maximum Gasteiger partial charge on any atom is 0.416 e. The fraction of sp³-hybridized carbons (Fsp3) is 0.240. The average molecular weight is 515 g/mol. The molecule has 184 valence electrons. The van der Waals surface area contributed by atoms with Gasteiger partial charge in [0.05, 0.1) is 21.6 Å². The number of alkyl halides is 3. The van der Waals surface area contributed by atoms with Crippen LogP contribution in [0.1, 0.15) is 47.9 Å². The summed E-state index contributed by atoms with van der Waals surface area (Å²) in [6.07, 6.45) is -2.61. The van der Waals surface area contributed by atoms with E-state index < -0.39 is 17.8 Å². The number of carbonyl (C=O) groups excluding carboxylic acids is 1. The number of hydrogen-bond acceptors (Lipinski definition) is 5. The van der Waals surface area contributed by atoms with Gasteiger partial charge in [0.15, 0.2) is 6.10 Å². The van der Waals surface area contributed by atoms with E-state index in [1.54, 1.807) is 24.4 Å². The molecule has 7 nitrogen and oxygen atoms in total. The molecular formula is C25H18ClF3N4O3. The van der Waals surface area contributed by atoms with Gasteiger partial charge in [0.25, 0.3) is 0 Å². The average Bonchev–Trinajstić information content (AvgIpc) is 3.39. The fourth-order valence-electron chi connectivity index (χ4n) is 4.59. The number of amides is 1. The Morgan fingerprint density at radius 3 is 2.78 bits per heavy atom. The largest absolute Gasteiger partial charge is 0.482 e. The lowest BCUT2D eigenvalue weighted by molar-refractivity contribution is -0.137. The van der Waals surface area contributed by atoms with Gasteiger partial charge in [0.1, 0.15) is 28.9 Å². The van der Waals surface area contributed by atoms with Gasteiger partial charge in [-0.1, -0.05) is 18.5 Å². The second-order valence-electron chi connectivity index (χ2n) is 8.79. The quantitative estimate of drug-likeness (QED) is 0.324. The molecule has 0 saturated carbocycles. The fourth-order valence-corrected chi connectivity index (χ4v) is 4.79. The first-order valence-electron chi connectivity index (χ1n) is 11.2. The molecule has 2 aliphatic heterocycles. The molecule has 11 heteroatoms. The van der Waals surface area contributed by atoms with Crippen LogP contribution in [0.4, 0.5) is 19.0 Å². The Balaban J connectivity index is 1.30. The summed E-state index contributed by atoms with van der Waals surface area (Å²) in [4.78, 5) is 23.3. The molecule has 2 aliphatic rings. The Bertz CT molecular complexity index is 1540. The molecule has 1 amide bonds. The molecule has 4 heterocycles. The SMILES string of the molecule is CC1c2cc(Oc3ccnc4c3CCC(=O)N4)c(Cl)cc2OC1c1nc2ccc(C(F)(F)F)cc2[nH]1. The van der Waals surface area contributed by atoms with Crippen LogP contribution in [-0.4, -0.2) is 20.9 Å². The lowest BCUT2D eigenvalue weighted by Gasteiger charge is -2.19. The molecule has 2 aromatic heterocycles. The normalized spacial score (nSPS) is 19.0. The third-order valence-electron chi connectivity index (χ3n) is 6.45. The summed E-state index contributed by atoms with van der Waals surface area (Å²) in [7, 11) is 0. The lowest BCUT2D eigenvalue weighted by Crippen LogP contribution is -2.20. The minimum absolute atomic E-state index is 0.0973. The van der Waals surface area contributed by atoms with Crippen molar-refractivity contribution in [1.82, 2.24) is 15.0 Å². The summed E-state index contributed by atoms with van der Waals surface area (Å²) in [6, 6.07) is 8.55. The summed E-state index contributed by atoms with van der Waals surface area (Å²) in [5.74, 6) is 2.11. The predicted octanol–water partition coefficient (Wildman–Crippen LogP) is 6.54. The number of hydrogen-bond donors (Lipinski definition) is 2. The molecule has 0 aliphatic carbocycles. The van der Waals surface area contributed by atoms with E-state index in [9.17, 15) is 18.0 Å². The number of H-pyrrole nitrogens is 1. The van der Waals surface area contributed by atoms with Crippen LogP contribution in [0, 0.1) is 0 Å². The highest BCUT2D eigenvalue weighted by molar-refractivity contribution is 6.32. The minimum Gasteiger partial charge on any atom is -0.482 e. The van der Waals surface area contributed by atoms with Crippen LogP contribution in [-0.2, 0) is 17.4 Å². The molecule has 0 fully saturated rings. The van der Waals surface area contributed by atoms with E-state index in [4.69, 9.17) is 21.1 Å². The van der Waals surface area contributed by atoms with Crippen molar-refractivity contribution >= 4 is 34.4 Å². The van der Waals surface area contributed by atoms with Gasteiger partial charge in [-0.05, 0) is 36.8 Å². The zero-order valence-electron chi connectivity index (χ0n) is 18.7. The first kappa shape index (κ1) is 22.7. The van der Waals surface area contributed by atoms with Crippen molar-refractivity contribution in [3.8, 4) is 17.2 Å². The highest BCUT2D eigenvalue weighted by Gasteiger charge is 2.36. The van der Waals surface area contributed by atoms with Gasteiger partial charge in [0, 0.05) is 35.7 Å². The van der Waals surface area contributed by atoms with Crippen LogP contribution in [0.5, 0.6) is 17.2 Å². The van der Waals surface area contributed by atoms with E-state index in [1.165, 1.54) is 6.07 Å². The Hall–Kier alpha value is -3.79. The van der Waals surface area contributed by atoms with Crippen molar-refractivity contribution < 1.29 is 27.4 Å². The third-order valence-corrected chi connectivity index (χ3v) is 6.75. The zero-order valence-corrected chi connectivity index (χ0v) is 19.5. The third kappa shape index (κ3) is 3.81. The Morgan fingerprint density at radius 1 is 1.14 bits per heavy atom. The van der Waals surface area contributed by atoms with Gasteiger partial charge in [0.2, 0.25) is 5.91 Å². The number of nitrogens with zero attached hydrogens (tertiary/aromatic N) is 2. The molecule has 0 spiro atoms. The highest BCUT2D eigenvalue weighted by atomic mass is 35.5. The first-order chi connectivity index (χ1) is 17.2. The van der Waals surface area contributed by atoms with E-state index >= 15 is 0 Å². The molecule has 2 aromatic carbocycles. The van der Waals surface area contributed by atoms with Crippen molar-refractivity contribution in [2.75, 3.05) is 5.32 Å². The van der Waals surface area contributed by atoms with E-state index in [1.807, 2.05) is 6.92 Å². The number of halogens is 4. The number of aromatic amines is 1. The number of pyridine rings is 1. The second-order valence-corrected chi connectivity index (χ2v) is 9.19. The number of carbonyl (C=O) groups is 1. The molecule has 36 heavy (non-hydrogen) atoms.